The van der Waals surface area contributed by atoms with Crippen molar-refractivity contribution in [3.63, 3.8) is 0 Å². The second kappa shape index (κ2) is 8.44. The van der Waals surface area contributed by atoms with Gasteiger partial charge in [-0.15, -0.1) is 0 Å². The number of para-hydroxylation sites is 2. The van der Waals surface area contributed by atoms with Crippen molar-refractivity contribution in [3.05, 3.63) is 96.7 Å². The number of amides is 1. The summed E-state index contributed by atoms with van der Waals surface area (Å²) in [6.45, 7) is 1.51. The first kappa shape index (κ1) is 17.9. The molecule has 0 atom stereocenters. The van der Waals surface area contributed by atoms with Gasteiger partial charge in [-0.3, -0.25) is 4.79 Å². The molecule has 4 rings (SSSR count). The molecule has 0 radical (unpaired) electrons. The number of carbonyl (C=O) groups excluding carboxylic acids is 1. The number of aryl methyl sites for hydroxylation is 1. The van der Waals surface area contributed by atoms with Gasteiger partial charge in [0.15, 0.2) is 0 Å². The van der Waals surface area contributed by atoms with Crippen molar-refractivity contribution in [3.8, 4) is 11.5 Å². The summed E-state index contributed by atoms with van der Waals surface area (Å²) in [5.74, 6) is 1.42. The van der Waals surface area contributed by atoms with E-state index in [2.05, 4.69) is 34.3 Å². The summed E-state index contributed by atoms with van der Waals surface area (Å²) in [6.07, 6.45) is 2.97. The Morgan fingerprint density at radius 3 is 2.36 bits per heavy atom. The molecule has 3 aromatic carbocycles. The smallest absolute Gasteiger partial charge is 0.251 e. The van der Waals surface area contributed by atoms with Crippen molar-refractivity contribution in [2.45, 2.75) is 13.0 Å². The maximum atomic E-state index is 12.3. The number of carbonyl (C=O) groups is 1. The fourth-order valence-electron chi connectivity index (χ4n) is 3.19. The molecule has 1 aromatic heterocycles. The summed E-state index contributed by atoms with van der Waals surface area (Å²) in [5, 5.41) is 4.23. The first-order chi connectivity index (χ1) is 13.8. The van der Waals surface area contributed by atoms with E-state index >= 15 is 0 Å². The van der Waals surface area contributed by atoms with Crippen LogP contribution >= 0.6 is 0 Å². The third-order valence-corrected chi connectivity index (χ3v) is 4.64. The Balaban J connectivity index is 1.27. The van der Waals surface area contributed by atoms with Crippen LogP contribution in [0.2, 0.25) is 0 Å². The van der Waals surface area contributed by atoms with Crippen molar-refractivity contribution in [2.75, 3.05) is 6.54 Å². The molecule has 0 unspecified atom stereocenters. The Hall–Kier alpha value is -3.53. The quantitative estimate of drug-likeness (QED) is 0.451. The summed E-state index contributed by atoms with van der Waals surface area (Å²) >= 11 is 0. The van der Waals surface area contributed by atoms with Gasteiger partial charge in [0, 0.05) is 30.4 Å². The van der Waals surface area contributed by atoms with E-state index < -0.39 is 0 Å². The first-order valence-electron chi connectivity index (χ1n) is 9.45. The molecule has 0 saturated carbocycles. The molecule has 0 aliphatic rings. The SMILES string of the molecule is O=C(NCCCn1ccc2ccccc21)c1ccc(Oc2ccccc2)cc1. The standard InChI is InChI=1S/C24H22N2O2/c27-24(20-11-13-22(14-12-20)28-21-8-2-1-3-9-21)25-16-6-17-26-18-15-19-7-4-5-10-23(19)26/h1-5,7-15,18H,6,16-17H2,(H,25,27). The van der Waals surface area contributed by atoms with Gasteiger partial charge >= 0.3 is 0 Å². The van der Waals surface area contributed by atoms with Crippen molar-refractivity contribution in [1.82, 2.24) is 9.88 Å². The Morgan fingerprint density at radius 2 is 1.54 bits per heavy atom. The molecular weight excluding hydrogens is 348 g/mol. The third-order valence-electron chi connectivity index (χ3n) is 4.64. The lowest BCUT2D eigenvalue weighted by Crippen LogP contribution is -2.25. The topological polar surface area (TPSA) is 43.3 Å². The van der Waals surface area contributed by atoms with E-state index in [1.807, 2.05) is 54.6 Å². The minimum absolute atomic E-state index is 0.0661. The molecule has 4 heteroatoms. The predicted molar refractivity (Wildman–Crippen MR) is 112 cm³/mol. The van der Waals surface area contributed by atoms with Crippen LogP contribution < -0.4 is 10.1 Å². The van der Waals surface area contributed by atoms with Crippen molar-refractivity contribution in [2.24, 2.45) is 0 Å². The second-order valence-corrected chi connectivity index (χ2v) is 6.62. The zero-order valence-corrected chi connectivity index (χ0v) is 15.5. The highest BCUT2D eigenvalue weighted by Crippen LogP contribution is 2.21. The Labute approximate surface area is 164 Å². The average molecular weight is 370 g/mol. The molecular formula is C24H22N2O2. The van der Waals surface area contributed by atoms with Crippen molar-refractivity contribution >= 4 is 16.8 Å². The molecule has 0 aliphatic carbocycles. The lowest BCUT2D eigenvalue weighted by Gasteiger charge is -2.09. The van der Waals surface area contributed by atoms with Crippen LogP contribution in [0.4, 0.5) is 0 Å². The first-order valence-corrected chi connectivity index (χ1v) is 9.45. The van der Waals surface area contributed by atoms with E-state index in [1.165, 1.54) is 10.9 Å². The molecule has 0 spiro atoms. The molecule has 0 fully saturated rings. The number of nitrogens with one attached hydrogen (secondary N) is 1. The molecule has 28 heavy (non-hydrogen) atoms. The Morgan fingerprint density at radius 1 is 0.821 bits per heavy atom. The zero-order chi connectivity index (χ0) is 19.2. The Kier molecular flexibility index (Phi) is 5.38. The van der Waals surface area contributed by atoms with Gasteiger partial charge < -0.3 is 14.6 Å². The van der Waals surface area contributed by atoms with Crippen molar-refractivity contribution in [1.29, 1.82) is 0 Å². The lowest BCUT2D eigenvalue weighted by molar-refractivity contribution is 0.0953. The van der Waals surface area contributed by atoms with E-state index in [1.54, 1.807) is 12.1 Å². The van der Waals surface area contributed by atoms with Crippen LogP contribution in [0.15, 0.2) is 91.1 Å². The van der Waals surface area contributed by atoms with Crippen LogP contribution in [-0.2, 0) is 6.54 Å². The summed E-state index contributed by atoms with van der Waals surface area (Å²) in [5.41, 5.74) is 1.86. The minimum atomic E-state index is -0.0661. The van der Waals surface area contributed by atoms with Crippen LogP contribution in [0.25, 0.3) is 10.9 Å². The highest BCUT2D eigenvalue weighted by Gasteiger charge is 2.06. The van der Waals surface area contributed by atoms with Gasteiger partial charge in [-0.2, -0.15) is 0 Å². The minimum Gasteiger partial charge on any atom is -0.457 e. The summed E-state index contributed by atoms with van der Waals surface area (Å²) in [7, 11) is 0. The van der Waals surface area contributed by atoms with Gasteiger partial charge in [0.25, 0.3) is 5.91 Å². The van der Waals surface area contributed by atoms with Crippen LogP contribution in [0.5, 0.6) is 11.5 Å². The predicted octanol–water partition coefficient (Wildman–Crippen LogP) is 5.25. The second-order valence-electron chi connectivity index (χ2n) is 6.62. The number of rotatable bonds is 7. The molecule has 140 valence electrons. The number of ether oxygens (including phenoxy) is 1. The van der Waals surface area contributed by atoms with Gasteiger partial charge in [-0.25, -0.2) is 0 Å². The number of hydrogen-bond donors (Lipinski definition) is 1. The number of nitrogens with zero attached hydrogens (tertiary/aromatic N) is 1. The van der Waals surface area contributed by atoms with Gasteiger partial charge in [0.2, 0.25) is 0 Å². The van der Waals surface area contributed by atoms with Crippen LogP contribution in [0.1, 0.15) is 16.8 Å². The van der Waals surface area contributed by atoms with Gasteiger partial charge in [0.05, 0.1) is 0 Å². The third kappa shape index (κ3) is 4.23. The number of fused-ring (bicyclic) bond motifs is 1. The van der Waals surface area contributed by atoms with Crippen LogP contribution in [-0.4, -0.2) is 17.0 Å². The summed E-state index contributed by atoms with van der Waals surface area (Å²) in [4.78, 5) is 12.3. The summed E-state index contributed by atoms with van der Waals surface area (Å²) in [6, 6.07) is 27.2. The maximum Gasteiger partial charge on any atom is 0.251 e. The van der Waals surface area contributed by atoms with Gasteiger partial charge in [-0.1, -0.05) is 36.4 Å². The van der Waals surface area contributed by atoms with Gasteiger partial charge in [0.1, 0.15) is 11.5 Å². The molecule has 1 N–H and O–H groups in total. The zero-order valence-electron chi connectivity index (χ0n) is 15.5. The van der Waals surface area contributed by atoms with E-state index in [0.29, 0.717) is 17.9 Å². The number of aromatic nitrogens is 1. The number of hydrogen-bond acceptors (Lipinski definition) is 2. The van der Waals surface area contributed by atoms with Crippen LogP contribution in [0.3, 0.4) is 0 Å². The van der Waals surface area contributed by atoms with E-state index in [-0.39, 0.29) is 5.91 Å². The highest BCUT2D eigenvalue weighted by molar-refractivity contribution is 5.94. The molecule has 1 heterocycles. The molecule has 0 aliphatic heterocycles. The van der Waals surface area contributed by atoms with Gasteiger partial charge in [-0.05, 0) is 60.3 Å². The summed E-state index contributed by atoms with van der Waals surface area (Å²) < 4.78 is 7.97. The molecule has 0 saturated heterocycles. The average Bonchev–Trinajstić information content (AvgIpc) is 3.15. The van der Waals surface area contributed by atoms with Crippen LogP contribution in [0, 0.1) is 0 Å². The molecule has 0 bridgehead atoms. The molecule has 4 nitrogen and oxygen atoms in total. The largest absolute Gasteiger partial charge is 0.457 e. The maximum absolute atomic E-state index is 12.3. The van der Waals surface area contributed by atoms with E-state index in [4.69, 9.17) is 4.74 Å². The fraction of sp³-hybridized carbons (Fsp3) is 0.125. The van der Waals surface area contributed by atoms with E-state index in [0.717, 1.165) is 18.7 Å². The van der Waals surface area contributed by atoms with Crippen molar-refractivity contribution < 1.29 is 9.53 Å². The Bertz CT molecular complexity index is 1050. The molecule has 1 amide bonds. The monoisotopic (exact) mass is 370 g/mol. The van der Waals surface area contributed by atoms with E-state index in [9.17, 15) is 4.79 Å². The lowest BCUT2D eigenvalue weighted by atomic mass is 10.2. The molecule has 4 aromatic rings. The normalized spacial score (nSPS) is 10.7. The fourth-order valence-corrected chi connectivity index (χ4v) is 3.19. The number of benzene rings is 3. The highest BCUT2D eigenvalue weighted by atomic mass is 16.5.